The van der Waals surface area contributed by atoms with E-state index >= 15 is 4.39 Å². The summed E-state index contributed by atoms with van der Waals surface area (Å²) in [5.74, 6) is -3.10. The number of rotatable bonds is 6. The normalized spacial score (nSPS) is 23.7. The lowest BCUT2D eigenvalue weighted by Crippen LogP contribution is -2.54. The van der Waals surface area contributed by atoms with Crippen LogP contribution >= 0.6 is 11.6 Å². The maximum atomic E-state index is 15.5. The monoisotopic (exact) mass is 834 g/mol. The quantitative estimate of drug-likeness (QED) is 0.335. The molecule has 60 heavy (non-hydrogen) atoms. The molecule has 5 fully saturated rings. The van der Waals surface area contributed by atoms with Crippen LogP contribution < -0.4 is 20.0 Å². The molecule has 6 heterocycles. The standard InChI is InChI=1S/C45H48ClFN8O5/c1-28-25-45(27-54(28)33-7-4-30(26-48)36(46)22-33)12-16-50(17-13-45)31-5-2-29(3-6-31)42(58)53-14-10-32(11-15-53)51-18-20-52(21-19-51)39-24-35-34(23-37(39)47)43(59)55(44(35)60)38-8-9-40(56)49-41(38)57/h2-7,22-24,28,32,38H,8-21,25,27H2,1H3,(H,49,56,57)/t28-,38?/m0/s1. The van der Waals surface area contributed by atoms with E-state index in [-0.39, 0.29) is 41.0 Å². The molecule has 0 saturated carbocycles. The Morgan fingerprint density at radius 1 is 0.833 bits per heavy atom. The fourth-order valence-corrected chi connectivity index (χ4v) is 10.7. The number of imide groups is 2. The number of carbonyl (C=O) groups is 5. The highest BCUT2D eigenvalue weighted by molar-refractivity contribution is 6.32. The first-order chi connectivity index (χ1) is 28.9. The zero-order valence-corrected chi connectivity index (χ0v) is 34.4. The van der Waals surface area contributed by atoms with Gasteiger partial charge in [0.2, 0.25) is 11.8 Å². The summed E-state index contributed by atoms with van der Waals surface area (Å²) >= 11 is 6.38. The summed E-state index contributed by atoms with van der Waals surface area (Å²) in [6, 6.07) is 18.0. The van der Waals surface area contributed by atoms with E-state index in [1.54, 1.807) is 0 Å². The number of amides is 5. The number of hydrogen-bond acceptors (Lipinski definition) is 10. The number of halogens is 2. The SMILES string of the molecule is C[C@H]1CC2(CCN(c3ccc(C(=O)N4CCC(N5CCN(c6cc7c(cc6F)C(=O)N(C6CCC(=O)NC6=O)C7=O)CC5)CC4)cc3)CC2)CN1c1ccc(C#N)c(Cl)c1. The van der Waals surface area contributed by atoms with E-state index in [0.29, 0.717) is 67.5 Å². The van der Waals surface area contributed by atoms with Crippen molar-refractivity contribution in [3.8, 4) is 6.07 Å². The molecule has 312 valence electrons. The van der Waals surface area contributed by atoms with Crippen molar-refractivity contribution in [1.82, 2.24) is 20.0 Å². The average molecular weight is 835 g/mol. The number of fused-ring (bicyclic) bond motifs is 1. The minimum atomic E-state index is -1.11. The second-order valence-corrected chi connectivity index (χ2v) is 17.7. The number of likely N-dealkylation sites (tertiary alicyclic amines) is 1. The molecule has 1 unspecified atom stereocenters. The van der Waals surface area contributed by atoms with Crippen LogP contribution in [0.15, 0.2) is 54.6 Å². The Morgan fingerprint density at radius 3 is 2.15 bits per heavy atom. The van der Waals surface area contributed by atoms with E-state index in [1.807, 2.05) is 40.1 Å². The number of anilines is 3. The number of benzene rings is 3. The van der Waals surface area contributed by atoms with Crippen molar-refractivity contribution < 1.29 is 28.4 Å². The molecule has 2 atom stereocenters. The summed E-state index contributed by atoms with van der Waals surface area (Å²) in [7, 11) is 0. The molecule has 6 aliphatic heterocycles. The van der Waals surface area contributed by atoms with Gasteiger partial charge in [-0.25, -0.2) is 4.39 Å². The van der Waals surface area contributed by atoms with Gasteiger partial charge in [-0.1, -0.05) is 11.6 Å². The molecule has 5 saturated heterocycles. The molecule has 3 aromatic carbocycles. The van der Waals surface area contributed by atoms with Crippen LogP contribution in [0.3, 0.4) is 0 Å². The molecular formula is C45H48ClFN8O5. The predicted octanol–water partition coefficient (Wildman–Crippen LogP) is 5.06. The Balaban J connectivity index is 0.745. The van der Waals surface area contributed by atoms with Gasteiger partial charge in [-0.15, -0.1) is 0 Å². The van der Waals surface area contributed by atoms with Crippen molar-refractivity contribution in [3.63, 3.8) is 0 Å². The van der Waals surface area contributed by atoms with Gasteiger partial charge in [-0.3, -0.25) is 39.1 Å². The second-order valence-electron chi connectivity index (χ2n) is 17.3. The summed E-state index contributed by atoms with van der Waals surface area (Å²) < 4.78 is 15.5. The van der Waals surface area contributed by atoms with Gasteiger partial charge in [0.25, 0.3) is 17.7 Å². The lowest BCUT2D eigenvalue weighted by atomic mass is 9.76. The van der Waals surface area contributed by atoms with Crippen molar-refractivity contribution in [2.75, 3.05) is 73.6 Å². The van der Waals surface area contributed by atoms with Crippen LogP contribution in [-0.4, -0.2) is 121 Å². The minimum Gasteiger partial charge on any atom is -0.371 e. The van der Waals surface area contributed by atoms with E-state index in [0.717, 1.165) is 74.1 Å². The maximum Gasteiger partial charge on any atom is 0.262 e. The summed E-state index contributed by atoms with van der Waals surface area (Å²) in [4.78, 5) is 76.1. The fourth-order valence-electron chi connectivity index (χ4n) is 10.5. The van der Waals surface area contributed by atoms with Crippen LogP contribution in [0.1, 0.15) is 88.5 Å². The molecule has 13 nitrogen and oxygen atoms in total. The lowest BCUT2D eigenvalue weighted by molar-refractivity contribution is -0.136. The summed E-state index contributed by atoms with van der Waals surface area (Å²) in [6.07, 6.45) is 5.03. The van der Waals surface area contributed by atoms with E-state index in [2.05, 4.69) is 45.1 Å². The average Bonchev–Trinajstić information content (AvgIpc) is 3.70. The molecule has 9 rings (SSSR count). The zero-order valence-electron chi connectivity index (χ0n) is 33.7. The molecule has 0 radical (unpaired) electrons. The molecule has 1 N–H and O–H groups in total. The number of piperidine rings is 3. The smallest absolute Gasteiger partial charge is 0.262 e. The first kappa shape index (κ1) is 39.9. The third-order valence-corrected chi connectivity index (χ3v) is 14.2. The van der Waals surface area contributed by atoms with Gasteiger partial charge in [0.05, 0.1) is 27.4 Å². The number of nitriles is 1. The van der Waals surface area contributed by atoms with Crippen molar-refractivity contribution in [2.45, 2.75) is 70.0 Å². The van der Waals surface area contributed by atoms with E-state index < -0.39 is 35.5 Å². The zero-order chi connectivity index (χ0) is 41.9. The first-order valence-corrected chi connectivity index (χ1v) is 21.4. The first-order valence-electron chi connectivity index (χ1n) is 21.1. The molecule has 3 aromatic rings. The molecule has 15 heteroatoms. The largest absolute Gasteiger partial charge is 0.371 e. The van der Waals surface area contributed by atoms with E-state index in [9.17, 15) is 29.2 Å². The van der Waals surface area contributed by atoms with Crippen LogP contribution in [0.5, 0.6) is 0 Å². The van der Waals surface area contributed by atoms with Crippen LogP contribution in [0.2, 0.25) is 5.02 Å². The minimum absolute atomic E-state index is 0.0128. The Hall–Kier alpha value is -5.52. The molecule has 0 aliphatic carbocycles. The Labute approximate surface area is 353 Å². The van der Waals surface area contributed by atoms with Crippen LogP contribution in [0.25, 0.3) is 0 Å². The van der Waals surface area contributed by atoms with Gasteiger partial charge in [0.15, 0.2) is 0 Å². The summed E-state index contributed by atoms with van der Waals surface area (Å²) in [5, 5.41) is 12.0. The third kappa shape index (κ3) is 7.25. The highest BCUT2D eigenvalue weighted by Gasteiger charge is 2.46. The molecule has 1 spiro atoms. The van der Waals surface area contributed by atoms with Crippen molar-refractivity contribution >= 4 is 58.2 Å². The van der Waals surface area contributed by atoms with Gasteiger partial charge in [-0.05, 0) is 105 Å². The Kier molecular flexibility index (Phi) is 10.5. The number of hydrogen-bond donors (Lipinski definition) is 1. The van der Waals surface area contributed by atoms with Crippen LogP contribution in [0.4, 0.5) is 21.5 Å². The van der Waals surface area contributed by atoms with Crippen molar-refractivity contribution in [2.24, 2.45) is 5.41 Å². The number of nitrogens with one attached hydrogen (secondary N) is 1. The van der Waals surface area contributed by atoms with Gasteiger partial charge >= 0.3 is 0 Å². The number of piperazine rings is 1. The fraction of sp³-hybridized carbons (Fsp3) is 0.467. The molecular weight excluding hydrogens is 787 g/mol. The molecule has 0 aromatic heterocycles. The van der Waals surface area contributed by atoms with Crippen molar-refractivity contribution in [1.29, 1.82) is 5.26 Å². The van der Waals surface area contributed by atoms with E-state index in [4.69, 9.17) is 11.6 Å². The molecule has 5 amide bonds. The topological polar surface area (TPSA) is 141 Å². The highest BCUT2D eigenvalue weighted by Crippen LogP contribution is 2.46. The lowest BCUT2D eigenvalue weighted by Gasteiger charge is -2.43. The van der Waals surface area contributed by atoms with Gasteiger partial charge in [-0.2, -0.15) is 5.26 Å². The summed E-state index contributed by atoms with van der Waals surface area (Å²) in [5.41, 5.74) is 3.87. The van der Waals surface area contributed by atoms with Gasteiger partial charge < -0.3 is 19.6 Å². The van der Waals surface area contributed by atoms with Crippen LogP contribution in [-0.2, 0) is 9.59 Å². The highest BCUT2D eigenvalue weighted by atomic mass is 35.5. The predicted molar refractivity (Wildman–Crippen MR) is 224 cm³/mol. The Morgan fingerprint density at radius 2 is 1.50 bits per heavy atom. The third-order valence-electron chi connectivity index (χ3n) is 13.9. The van der Waals surface area contributed by atoms with Gasteiger partial charge in [0, 0.05) is 94.3 Å². The van der Waals surface area contributed by atoms with Crippen molar-refractivity contribution in [3.05, 3.63) is 87.7 Å². The van der Waals surface area contributed by atoms with Gasteiger partial charge in [0.1, 0.15) is 17.9 Å². The van der Waals surface area contributed by atoms with Crippen LogP contribution in [0, 0.1) is 22.6 Å². The number of carbonyl (C=O) groups excluding carboxylic acids is 5. The second kappa shape index (κ2) is 15.8. The Bertz CT molecular complexity index is 2290. The molecule has 6 aliphatic rings. The maximum absolute atomic E-state index is 15.5. The number of nitrogens with zero attached hydrogens (tertiary/aromatic N) is 7. The van der Waals surface area contributed by atoms with E-state index in [1.165, 1.54) is 6.07 Å². The summed E-state index contributed by atoms with van der Waals surface area (Å²) in [6.45, 7) is 8.91. The molecule has 0 bridgehead atoms.